The fraction of sp³-hybridized carbons (Fsp3) is 0.190. The predicted molar refractivity (Wildman–Crippen MR) is 106 cm³/mol. The molecule has 0 saturated heterocycles. The second kappa shape index (κ2) is 7.84. The number of pyridine rings is 1. The van der Waals surface area contributed by atoms with Crippen LogP contribution in [0.15, 0.2) is 59.4 Å². The fourth-order valence-corrected chi connectivity index (χ4v) is 5.71. The second-order valence-corrected chi connectivity index (χ2v) is 9.95. The number of hydrogen-bond donors (Lipinski definition) is 2. The first-order chi connectivity index (χ1) is 13.6. The van der Waals surface area contributed by atoms with Crippen molar-refractivity contribution < 1.29 is 26.0 Å². The Morgan fingerprint density at radius 2 is 1.89 bits per heavy atom. The van der Waals surface area contributed by atoms with Gasteiger partial charge in [-0.15, -0.1) is 0 Å². The molecule has 0 fully saturated rings. The van der Waals surface area contributed by atoms with Crippen LogP contribution < -0.4 is 32.5 Å². The average molecular weight is 487 g/mol. The molecule has 0 bridgehead atoms. The molecule has 144 valence electrons. The van der Waals surface area contributed by atoms with E-state index in [9.17, 15) is 9.59 Å². The second-order valence-electron chi connectivity index (χ2n) is 6.59. The van der Waals surface area contributed by atoms with Crippen molar-refractivity contribution in [1.82, 2.24) is 14.8 Å². The zero-order valence-corrected chi connectivity index (χ0v) is 17.5. The summed E-state index contributed by atoms with van der Waals surface area (Å²) < 4.78 is 1.88. The molecule has 7 heteroatoms. The SMILES string of the molecule is Cc1[nH]nc2c1c(=O)n(CC(CN)[I-]C(=O)c1ccccc1)c1ccccc21. The number of aromatic amines is 1. The molecule has 0 aliphatic heterocycles. The van der Waals surface area contributed by atoms with Gasteiger partial charge in [-0.2, -0.15) is 0 Å². The number of carbonyl (C=O) groups is 1. The average Bonchev–Trinajstić information content (AvgIpc) is 3.12. The van der Waals surface area contributed by atoms with Crippen molar-refractivity contribution in [2.24, 2.45) is 5.73 Å². The summed E-state index contributed by atoms with van der Waals surface area (Å²) in [6.45, 7) is 2.65. The number of aromatic nitrogens is 3. The van der Waals surface area contributed by atoms with E-state index in [2.05, 4.69) is 10.2 Å². The van der Waals surface area contributed by atoms with Gasteiger partial charge in [-0.05, 0) is 0 Å². The molecule has 0 amide bonds. The number of rotatable bonds is 6. The van der Waals surface area contributed by atoms with Crippen LogP contribution in [-0.2, 0) is 6.54 Å². The number of nitrogens with one attached hydrogen (secondary N) is 1. The van der Waals surface area contributed by atoms with E-state index in [4.69, 9.17) is 5.73 Å². The van der Waals surface area contributed by atoms with E-state index in [1.165, 1.54) is 0 Å². The quantitative estimate of drug-likeness (QED) is 0.217. The molecule has 0 aliphatic carbocycles. The fourth-order valence-electron chi connectivity index (χ4n) is 3.34. The van der Waals surface area contributed by atoms with Crippen molar-refractivity contribution in [1.29, 1.82) is 0 Å². The summed E-state index contributed by atoms with van der Waals surface area (Å²) in [5.41, 5.74) is 8.89. The number of carbonyl (C=O) groups excluding carboxylic acids is 1. The molecule has 2 heterocycles. The van der Waals surface area contributed by atoms with E-state index in [-0.39, 0.29) is 13.3 Å². The summed E-state index contributed by atoms with van der Waals surface area (Å²) in [6.07, 6.45) is 0. The molecular weight excluding hydrogens is 467 g/mol. The Morgan fingerprint density at radius 3 is 2.64 bits per heavy atom. The number of alkyl halides is 1. The van der Waals surface area contributed by atoms with E-state index >= 15 is 0 Å². The zero-order valence-electron chi connectivity index (χ0n) is 15.4. The molecule has 1 unspecified atom stereocenters. The third kappa shape index (κ3) is 3.35. The number of H-pyrrole nitrogens is 1. The van der Waals surface area contributed by atoms with Crippen molar-refractivity contribution >= 4 is 25.6 Å². The van der Waals surface area contributed by atoms with Gasteiger partial charge >= 0.3 is 172 Å². The summed E-state index contributed by atoms with van der Waals surface area (Å²) in [7, 11) is 0. The maximum absolute atomic E-state index is 13.2. The first kappa shape index (κ1) is 18.8. The molecule has 2 aromatic carbocycles. The van der Waals surface area contributed by atoms with Crippen LogP contribution >= 0.6 is 0 Å². The van der Waals surface area contributed by atoms with Gasteiger partial charge < -0.3 is 0 Å². The molecule has 0 radical (unpaired) electrons. The summed E-state index contributed by atoms with van der Waals surface area (Å²) in [4.78, 5) is 25.9. The van der Waals surface area contributed by atoms with Gasteiger partial charge in [0.25, 0.3) is 0 Å². The van der Waals surface area contributed by atoms with Crippen molar-refractivity contribution in [3.05, 3.63) is 76.2 Å². The molecular formula is C21H20IN4O2-. The molecule has 0 saturated carbocycles. The van der Waals surface area contributed by atoms with Gasteiger partial charge in [0.05, 0.1) is 0 Å². The minimum atomic E-state index is -0.865. The first-order valence-electron chi connectivity index (χ1n) is 8.99. The first-order valence-corrected chi connectivity index (χ1v) is 11.3. The van der Waals surface area contributed by atoms with Crippen molar-refractivity contribution in [3.8, 4) is 0 Å². The summed E-state index contributed by atoms with van der Waals surface area (Å²) >= 11 is -0.865. The van der Waals surface area contributed by atoms with E-state index in [0.29, 0.717) is 29.6 Å². The Labute approximate surface area is 172 Å². The Hall–Kier alpha value is -2.52. The molecule has 28 heavy (non-hydrogen) atoms. The summed E-state index contributed by atoms with van der Waals surface area (Å²) in [6, 6.07) is 17.0. The number of aryl methyl sites for hydroxylation is 1. The number of nitrogens with zero attached hydrogens (tertiary/aromatic N) is 2. The van der Waals surface area contributed by atoms with Crippen LogP contribution in [0.5, 0.6) is 0 Å². The Bertz CT molecular complexity index is 1210. The number of nitrogens with two attached hydrogens (primary N) is 1. The molecule has 2 aromatic heterocycles. The summed E-state index contributed by atoms with van der Waals surface area (Å²) in [5, 5.41) is 8.77. The predicted octanol–water partition coefficient (Wildman–Crippen LogP) is -0.557. The van der Waals surface area contributed by atoms with Crippen LogP contribution in [0.4, 0.5) is 0 Å². The monoisotopic (exact) mass is 487 g/mol. The Kier molecular flexibility index (Phi) is 5.27. The van der Waals surface area contributed by atoms with Gasteiger partial charge in [0.15, 0.2) is 0 Å². The van der Waals surface area contributed by atoms with Crippen LogP contribution in [0.3, 0.4) is 0 Å². The number of benzene rings is 2. The molecule has 0 spiro atoms. The van der Waals surface area contributed by atoms with Gasteiger partial charge in [0, 0.05) is 0 Å². The molecule has 6 nitrogen and oxygen atoms in total. The third-order valence-corrected chi connectivity index (χ3v) is 7.72. The van der Waals surface area contributed by atoms with E-state index in [1.54, 1.807) is 4.57 Å². The maximum atomic E-state index is 13.2. The molecule has 0 aliphatic rings. The van der Waals surface area contributed by atoms with Crippen LogP contribution in [0.1, 0.15) is 16.1 Å². The van der Waals surface area contributed by atoms with Crippen molar-refractivity contribution in [3.63, 3.8) is 0 Å². The van der Waals surface area contributed by atoms with Crippen LogP contribution in [0.25, 0.3) is 21.8 Å². The third-order valence-electron chi connectivity index (χ3n) is 4.75. The van der Waals surface area contributed by atoms with E-state index < -0.39 is 21.2 Å². The molecule has 4 rings (SSSR count). The van der Waals surface area contributed by atoms with Crippen LogP contribution in [0, 0.1) is 6.92 Å². The van der Waals surface area contributed by atoms with Crippen molar-refractivity contribution in [2.45, 2.75) is 17.4 Å². The van der Waals surface area contributed by atoms with Crippen LogP contribution in [-0.4, -0.2) is 29.0 Å². The topological polar surface area (TPSA) is 93.8 Å². The van der Waals surface area contributed by atoms with Gasteiger partial charge in [-0.3, -0.25) is 0 Å². The van der Waals surface area contributed by atoms with Crippen LogP contribution in [0.2, 0.25) is 0 Å². The number of fused-ring (bicyclic) bond motifs is 3. The van der Waals surface area contributed by atoms with E-state index in [1.807, 2.05) is 61.5 Å². The zero-order chi connectivity index (χ0) is 19.7. The minimum absolute atomic E-state index is 0.0303. The Morgan fingerprint density at radius 1 is 1.18 bits per heavy atom. The number of halogens is 1. The molecule has 3 N–H and O–H groups in total. The Balaban J connectivity index is 1.75. The van der Waals surface area contributed by atoms with Gasteiger partial charge in [-0.1, -0.05) is 0 Å². The van der Waals surface area contributed by atoms with Gasteiger partial charge in [0.1, 0.15) is 0 Å². The number of hydrogen-bond acceptors (Lipinski definition) is 4. The van der Waals surface area contributed by atoms with Gasteiger partial charge in [0.2, 0.25) is 0 Å². The standard InChI is InChI=1S/C21H20IN4O2/c1-13-18-19(25-24-13)16-9-5-6-10-17(16)26(21(18)28)12-15(11-23)22-20(27)14-7-3-2-4-8-14/h2-10,15H,11-12,23H2,1H3,(H,24,25)/q-1. The molecule has 1 atom stereocenters. The van der Waals surface area contributed by atoms with Gasteiger partial charge in [-0.25, -0.2) is 0 Å². The normalized spacial score (nSPS) is 12.6. The number of para-hydroxylation sites is 1. The van der Waals surface area contributed by atoms with E-state index in [0.717, 1.165) is 16.6 Å². The van der Waals surface area contributed by atoms with Crippen molar-refractivity contribution in [2.75, 3.05) is 6.54 Å². The summed E-state index contributed by atoms with van der Waals surface area (Å²) in [5.74, 6) is 0. The molecule has 4 aromatic rings.